The molecule has 4 heteroatoms. The lowest BCUT2D eigenvalue weighted by Gasteiger charge is -2.00. The topological polar surface area (TPSA) is 29.1 Å². The Labute approximate surface area is 98.6 Å². The Morgan fingerprint density at radius 1 is 1.67 bits per heavy atom. The summed E-state index contributed by atoms with van der Waals surface area (Å²) >= 11 is 7.33. The lowest BCUT2D eigenvalue weighted by atomic mass is 10.3. The number of rotatable bonds is 3. The Hall–Kier alpha value is -0.980. The second-order valence-corrected chi connectivity index (χ2v) is 4.25. The molecule has 1 aromatic heterocycles. The number of aryl methyl sites for hydroxylation is 1. The van der Waals surface area contributed by atoms with E-state index in [1.165, 1.54) is 11.3 Å². The largest absolute Gasteiger partial charge is 0.350 e. The first-order valence-electron chi connectivity index (χ1n) is 4.58. The highest BCUT2D eigenvalue weighted by atomic mass is 35.5. The van der Waals surface area contributed by atoms with E-state index in [-0.39, 0.29) is 5.91 Å². The average Bonchev–Trinajstić information content (AvgIpc) is 2.55. The third-order valence-corrected chi connectivity index (χ3v) is 3.51. The van der Waals surface area contributed by atoms with Crippen molar-refractivity contribution in [3.05, 3.63) is 20.8 Å². The van der Waals surface area contributed by atoms with Gasteiger partial charge in [0.2, 0.25) is 0 Å². The van der Waals surface area contributed by atoms with Gasteiger partial charge in [0, 0.05) is 13.0 Å². The van der Waals surface area contributed by atoms with E-state index in [4.69, 9.17) is 11.6 Å². The second-order valence-electron chi connectivity index (χ2n) is 2.99. The summed E-state index contributed by atoms with van der Waals surface area (Å²) in [6.07, 6.45) is 0.671. The SMILES string of the molecule is CC#CCCNC(=O)c1scc(C)c1Cl. The van der Waals surface area contributed by atoms with Gasteiger partial charge in [-0.2, -0.15) is 0 Å². The molecule has 0 fully saturated rings. The maximum absolute atomic E-state index is 11.6. The van der Waals surface area contributed by atoms with Crippen LogP contribution in [0.15, 0.2) is 5.38 Å². The van der Waals surface area contributed by atoms with Crippen molar-refractivity contribution in [3.63, 3.8) is 0 Å². The maximum Gasteiger partial charge on any atom is 0.262 e. The number of hydrogen-bond donors (Lipinski definition) is 1. The van der Waals surface area contributed by atoms with E-state index in [9.17, 15) is 4.79 Å². The molecule has 2 nitrogen and oxygen atoms in total. The summed E-state index contributed by atoms with van der Waals surface area (Å²) in [4.78, 5) is 12.2. The van der Waals surface area contributed by atoms with Gasteiger partial charge in [-0.25, -0.2) is 0 Å². The molecule has 1 amide bonds. The van der Waals surface area contributed by atoms with Crippen LogP contribution in [0.4, 0.5) is 0 Å². The molecule has 0 aromatic carbocycles. The van der Waals surface area contributed by atoms with E-state index in [1.54, 1.807) is 6.92 Å². The van der Waals surface area contributed by atoms with Gasteiger partial charge in [-0.15, -0.1) is 23.2 Å². The van der Waals surface area contributed by atoms with Gasteiger partial charge in [-0.1, -0.05) is 11.6 Å². The lowest BCUT2D eigenvalue weighted by molar-refractivity contribution is 0.0958. The predicted octanol–water partition coefficient (Wildman–Crippen LogP) is 2.85. The second kappa shape index (κ2) is 5.79. The molecule has 1 heterocycles. The zero-order chi connectivity index (χ0) is 11.3. The fraction of sp³-hybridized carbons (Fsp3) is 0.364. The molecule has 0 aliphatic rings. The van der Waals surface area contributed by atoms with Gasteiger partial charge in [-0.3, -0.25) is 4.79 Å². The van der Waals surface area contributed by atoms with Crippen molar-refractivity contribution in [3.8, 4) is 11.8 Å². The highest BCUT2D eigenvalue weighted by Crippen LogP contribution is 2.26. The molecule has 80 valence electrons. The summed E-state index contributed by atoms with van der Waals surface area (Å²) in [6, 6.07) is 0. The van der Waals surface area contributed by atoms with Crippen LogP contribution in [0.1, 0.15) is 28.6 Å². The van der Waals surface area contributed by atoms with Gasteiger partial charge in [0.05, 0.1) is 5.02 Å². The van der Waals surface area contributed by atoms with Crippen molar-refractivity contribution in [1.82, 2.24) is 5.32 Å². The number of halogens is 1. The summed E-state index contributed by atoms with van der Waals surface area (Å²) < 4.78 is 0. The van der Waals surface area contributed by atoms with Crippen LogP contribution >= 0.6 is 22.9 Å². The third kappa shape index (κ3) is 3.26. The molecular formula is C11H12ClNOS. The Morgan fingerprint density at radius 3 is 2.93 bits per heavy atom. The molecule has 1 rings (SSSR count). The smallest absolute Gasteiger partial charge is 0.262 e. The number of hydrogen-bond acceptors (Lipinski definition) is 2. The van der Waals surface area contributed by atoms with Crippen molar-refractivity contribution < 1.29 is 4.79 Å². The van der Waals surface area contributed by atoms with Gasteiger partial charge >= 0.3 is 0 Å². The summed E-state index contributed by atoms with van der Waals surface area (Å²) in [5, 5.41) is 5.21. The van der Waals surface area contributed by atoms with Gasteiger partial charge in [0.15, 0.2) is 0 Å². The molecule has 0 aliphatic heterocycles. The molecule has 0 spiro atoms. The summed E-state index contributed by atoms with van der Waals surface area (Å²) in [6.45, 7) is 4.23. The predicted molar refractivity (Wildman–Crippen MR) is 64.5 cm³/mol. The van der Waals surface area contributed by atoms with E-state index in [2.05, 4.69) is 17.2 Å². The van der Waals surface area contributed by atoms with Gasteiger partial charge in [0.1, 0.15) is 4.88 Å². The molecule has 0 aliphatic carbocycles. The van der Waals surface area contributed by atoms with Crippen LogP contribution in [-0.2, 0) is 0 Å². The first-order valence-corrected chi connectivity index (χ1v) is 5.84. The van der Waals surface area contributed by atoms with E-state index in [0.29, 0.717) is 22.9 Å². The number of thiophene rings is 1. The van der Waals surface area contributed by atoms with Gasteiger partial charge in [0.25, 0.3) is 5.91 Å². The number of nitrogens with one attached hydrogen (secondary N) is 1. The van der Waals surface area contributed by atoms with Crippen LogP contribution in [0.3, 0.4) is 0 Å². The minimum atomic E-state index is -0.115. The van der Waals surface area contributed by atoms with Crippen molar-refractivity contribution in [1.29, 1.82) is 0 Å². The van der Waals surface area contributed by atoms with Crippen molar-refractivity contribution in [2.45, 2.75) is 20.3 Å². The monoisotopic (exact) mass is 241 g/mol. The van der Waals surface area contributed by atoms with Crippen molar-refractivity contribution in [2.24, 2.45) is 0 Å². The number of carbonyl (C=O) groups excluding carboxylic acids is 1. The van der Waals surface area contributed by atoms with Crippen LogP contribution in [-0.4, -0.2) is 12.5 Å². The normalized spacial score (nSPS) is 9.27. The molecule has 0 saturated carbocycles. The molecule has 0 unspecified atom stereocenters. The van der Waals surface area contributed by atoms with Crippen LogP contribution in [0.5, 0.6) is 0 Å². The molecule has 0 saturated heterocycles. The van der Waals surface area contributed by atoms with Crippen LogP contribution in [0, 0.1) is 18.8 Å². The first-order chi connectivity index (χ1) is 7.16. The maximum atomic E-state index is 11.6. The Bertz CT molecular complexity index is 414. The number of carbonyl (C=O) groups is 1. The zero-order valence-corrected chi connectivity index (χ0v) is 10.3. The zero-order valence-electron chi connectivity index (χ0n) is 8.69. The molecule has 15 heavy (non-hydrogen) atoms. The fourth-order valence-corrected chi connectivity index (χ4v) is 2.22. The van der Waals surface area contributed by atoms with E-state index in [1.807, 2.05) is 12.3 Å². The van der Waals surface area contributed by atoms with Crippen LogP contribution in [0.2, 0.25) is 5.02 Å². The molecule has 0 atom stereocenters. The van der Waals surface area contributed by atoms with Gasteiger partial charge in [-0.05, 0) is 24.8 Å². The molecule has 0 radical (unpaired) electrons. The van der Waals surface area contributed by atoms with Crippen molar-refractivity contribution >= 4 is 28.8 Å². The average molecular weight is 242 g/mol. The molecule has 1 N–H and O–H groups in total. The van der Waals surface area contributed by atoms with E-state index < -0.39 is 0 Å². The summed E-state index contributed by atoms with van der Waals surface area (Å²) in [5.41, 5.74) is 0.945. The van der Waals surface area contributed by atoms with Gasteiger partial charge < -0.3 is 5.32 Å². The Morgan fingerprint density at radius 2 is 2.40 bits per heavy atom. The summed E-state index contributed by atoms with van der Waals surface area (Å²) in [7, 11) is 0. The molecular weight excluding hydrogens is 230 g/mol. The number of amides is 1. The highest BCUT2D eigenvalue weighted by Gasteiger charge is 2.13. The first kappa shape index (κ1) is 12.1. The van der Waals surface area contributed by atoms with E-state index in [0.717, 1.165) is 5.56 Å². The summed E-state index contributed by atoms with van der Waals surface area (Å²) in [5.74, 6) is 5.54. The minimum Gasteiger partial charge on any atom is -0.350 e. The van der Waals surface area contributed by atoms with E-state index >= 15 is 0 Å². The molecule has 0 bridgehead atoms. The standard InChI is InChI=1S/C11H12ClNOS/c1-3-4-5-6-13-11(14)10-9(12)8(2)7-15-10/h7H,5-6H2,1-2H3,(H,13,14). The Balaban J connectivity index is 2.53. The van der Waals surface area contributed by atoms with Crippen molar-refractivity contribution in [2.75, 3.05) is 6.54 Å². The quantitative estimate of drug-likeness (QED) is 0.640. The van der Waals surface area contributed by atoms with Crippen LogP contribution < -0.4 is 5.32 Å². The molecule has 1 aromatic rings. The van der Waals surface area contributed by atoms with Crippen LogP contribution in [0.25, 0.3) is 0 Å². The fourth-order valence-electron chi connectivity index (χ4n) is 1.03. The third-order valence-electron chi connectivity index (χ3n) is 1.82. The lowest BCUT2D eigenvalue weighted by Crippen LogP contribution is -2.23. The Kier molecular flexibility index (Phi) is 4.67. The highest BCUT2D eigenvalue weighted by molar-refractivity contribution is 7.13. The minimum absolute atomic E-state index is 0.115.